The van der Waals surface area contributed by atoms with E-state index in [1.165, 1.54) is 16.8 Å². The second kappa shape index (κ2) is 12.0. The SMILES string of the molecule is CC(=O)O.CCc1nc(Cn2nc(-c3ccc(Cl)cc3)n(CCC(F)(F)F)c2=O)nn1-c1cccc(F)n1. The number of alkyl halides is 3. The topological polar surface area (TPSA) is 121 Å². The average molecular weight is 556 g/mol. The van der Waals surface area contributed by atoms with Gasteiger partial charge in [0.15, 0.2) is 17.5 Å². The van der Waals surface area contributed by atoms with E-state index in [0.29, 0.717) is 22.8 Å². The summed E-state index contributed by atoms with van der Waals surface area (Å²) in [5.74, 6) is -0.610. The van der Waals surface area contributed by atoms with Gasteiger partial charge in [-0.2, -0.15) is 22.2 Å². The van der Waals surface area contributed by atoms with E-state index in [4.69, 9.17) is 21.5 Å². The lowest BCUT2D eigenvalue weighted by molar-refractivity contribution is -0.137. The van der Waals surface area contributed by atoms with E-state index in [1.807, 2.05) is 6.92 Å². The summed E-state index contributed by atoms with van der Waals surface area (Å²) < 4.78 is 55.5. The van der Waals surface area contributed by atoms with Gasteiger partial charge in [0.1, 0.15) is 12.4 Å². The fraction of sp³-hybridized carbons (Fsp3) is 0.304. The number of hydrogen-bond donors (Lipinski definition) is 1. The maximum atomic E-state index is 13.6. The molecule has 202 valence electrons. The van der Waals surface area contributed by atoms with E-state index in [-0.39, 0.29) is 24.0 Å². The van der Waals surface area contributed by atoms with Crippen LogP contribution in [0.15, 0.2) is 47.3 Å². The number of aliphatic carboxylic acids is 1. The molecule has 0 fully saturated rings. The predicted octanol–water partition coefficient (Wildman–Crippen LogP) is 4.13. The van der Waals surface area contributed by atoms with Gasteiger partial charge in [-0.25, -0.2) is 19.4 Å². The smallest absolute Gasteiger partial charge is 0.390 e. The minimum Gasteiger partial charge on any atom is -0.481 e. The van der Waals surface area contributed by atoms with E-state index >= 15 is 0 Å². The van der Waals surface area contributed by atoms with Crippen molar-refractivity contribution >= 4 is 17.6 Å². The molecule has 0 aliphatic carbocycles. The van der Waals surface area contributed by atoms with E-state index in [2.05, 4.69) is 20.2 Å². The van der Waals surface area contributed by atoms with Gasteiger partial charge in [0.05, 0.1) is 6.42 Å². The molecule has 4 aromatic rings. The van der Waals surface area contributed by atoms with Gasteiger partial charge in [-0.15, -0.1) is 10.2 Å². The Hall–Kier alpha value is -4.07. The third-order valence-corrected chi connectivity index (χ3v) is 5.14. The summed E-state index contributed by atoms with van der Waals surface area (Å²) in [5.41, 5.74) is -0.313. The molecule has 0 saturated heterocycles. The number of halogens is 5. The molecule has 1 aromatic carbocycles. The zero-order chi connectivity index (χ0) is 28.0. The van der Waals surface area contributed by atoms with Crippen molar-refractivity contribution in [2.45, 2.75) is 46.0 Å². The summed E-state index contributed by atoms with van der Waals surface area (Å²) in [6.07, 6.45) is -5.21. The van der Waals surface area contributed by atoms with E-state index in [1.54, 1.807) is 30.3 Å². The van der Waals surface area contributed by atoms with Crippen LogP contribution in [0.5, 0.6) is 0 Å². The first-order valence-corrected chi connectivity index (χ1v) is 11.5. The van der Waals surface area contributed by atoms with Crippen molar-refractivity contribution in [3.8, 4) is 17.2 Å². The van der Waals surface area contributed by atoms with Crippen LogP contribution < -0.4 is 5.69 Å². The molecule has 0 aliphatic rings. The third-order valence-electron chi connectivity index (χ3n) is 4.89. The molecule has 0 saturated carbocycles. The number of rotatable bonds is 7. The Bertz CT molecular complexity index is 1460. The van der Waals surface area contributed by atoms with Crippen molar-refractivity contribution in [2.75, 3.05) is 0 Å². The first-order valence-electron chi connectivity index (χ1n) is 11.2. The quantitative estimate of drug-likeness (QED) is 0.269. The molecule has 38 heavy (non-hydrogen) atoms. The molecule has 0 amide bonds. The van der Waals surface area contributed by atoms with Crippen LogP contribution >= 0.6 is 11.6 Å². The Balaban J connectivity index is 0.000000934. The monoisotopic (exact) mass is 555 g/mol. The fourth-order valence-corrected chi connectivity index (χ4v) is 3.44. The summed E-state index contributed by atoms with van der Waals surface area (Å²) in [5, 5.41) is 16.4. The Morgan fingerprint density at radius 2 is 1.74 bits per heavy atom. The first kappa shape index (κ1) is 28.5. The van der Waals surface area contributed by atoms with E-state index in [9.17, 15) is 22.4 Å². The number of aromatic nitrogens is 7. The third kappa shape index (κ3) is 7.47. The van der Waals surface area contributed by atoms with Gasteiger partial charge < -0.3 is 5.11 Å². The number of aryl methyl sites for hydroxylation is 1. The van der Waals surface area contributed by atoms with Crippen LogP contribution in [0, 0.1) is 5.95 Å². The molecular formula is C23H22ClF4N7O3. The van der Waals surface area contributed by atoms with Crippen LogP contribution in [-0.4, -0.2) is 51.3 Å². The van der Waals surface area contributed by atoms with Crippen LogP contribution in [0.2, 0.25) is 5.02 Å². The molecule has 0 spiro atoms. The van der Waals surface area contributed by atoms with Crippen LogP contribution in [0.25, 0.3) is 17.2 Å². The molecule has 0 bridgehead atoms. The highest BCUT2D eigenvalue weighted by molar-refractivity contribution is 6.30. The standard InChI is InChI=1S/C21H18ClF4N7O.C2H4O2/c1-2-17-28-16(29-33(17)18-5-3-4-15(23)27-18)12-32-20(34)31(11-10-21(24,25)26)19(30-32)13-6-8-14(22)9-7-13;1-2(3)4/h3-9H,2,10-12H2,1H3;1H3,(H,3,4). The molecule has 0 radical (unpaired) electrons. The fourth-order valence-electron chi connectivity index (χ4n) is 3.32. The van der Waals surface area contributed by atoms with Gasteiger partial charge in [0.25, 0.3) is 5.97 Å². The van der Waals surface area contributed by atoms with Crippen molar-refractivity contribution in [1.82, 2.24) is 34.1 Å². The number of carbonyl (C=O) groups is 1. The van der Waals surface area contributed by atoms with Crippen molar-refractivity contribution in [3.05, 3.63) is 75.6 Å². The zero-order valence-corrected chi connectivity index (χ0v) is 20.9. The van der Waals surface area contributed by atoms with Gasteiger partial charge >= 0.3 is 11.9 Å². The van der Waals surface area contributed by atoms with Crippen molar-refractivity contribution in [2.24, 2.45) is 0 Å². The molecule has 1 N–H and O–H groups in total. The Kier molecular flexibility index (Phi) is 8.99. The summed E-state index contributed by atoms with van der Waals surface area (Å²) in [7, 11) is 0. The minimum absolute atomic E-state index is 0.0628. The first-order chi connectivity index (χ1) is 17.9. The minimum atomic E-state index is -4.45. The molecule has 3 aromatic heterocycles. The number of hydrogen-bond acceptors (Lipinski definition) is 6. The summed E-state index contributed by atoms with van der Waals surface area (Å²) in [6, 6.07) is 10.5. The summed E-state index contributed by atoms with van der Waals surface area (Å²) in [4.78, 5) is 30.1. The normalized spacial score (nSPS) is 11.2. The zero-order valence-electron chi connectivity index (χ0n) is 20.2. The molecule has 0 unspecified atom stereocenters. The predicted molar refractivity (Wildman–Crippen MR) is 129 cm³/mol. The van der Waals surface area contributed by atoms with Gasteiger partial charge in [-0.3, -0.25) is 9.36 Å². The number of pyridine rings is 1. The largest absolute Gasteiger partial charge is 0.481 e. The maximum absolute atomic E-state index is 13.6. The Morgan fingerprint density at radius 3 is 2.32 bits per heavy atom. The Morgan fingerprint density at radius 1 is 1.08 bits per heavy atom. The van der Waals surface area contributed by atoms with Crippen LogP contribution in [0.4, 0.5) is 17.6 Å². The molecule has 4 rings (SSSR count). The van der Waals surface area contributed by atoms with Crippen LogP contribution in [-0.2, 0) is 24.3 Å². The van der Waals surface area contributed by atoms with Crippen LogP contribution in [0.3, 0.4) is 0 Å². The number of nitrogens with zero attached hydrogens (tertiary/aromatic N) is 7. The van der Waals surface area contributed by atoms with E-state index < -0.39 is 36.7 Å². The number of carboxylic acid groups (broad SMARTS) is 1. The molecule has 0 atom stereocenters. The highest BCUT2D eigenvalue weighted by Gasteiger charge is 2.28. The van der Waals surface area contributed by atoms with Gasteiger partial charge in [0.2, 0.25) is 5.95 Å². The Labute approximate surface area is 218 Å². The lowest BCUT2D eigenvalue weighted by Crippen LogP contribution is -2.27. The van der Waals surface area contributed by atoms with Crippen molar-refractivity contribution in [1.29, 1.82) is 0 Å². The van der Waals surface area contributed by atoms with Gasteiger partial charge in [0, 0.05) is 30.5 Å². The van der Waals surface area contributed by atoms with Gasteiger partial charge in [-0.05, 0) is 36.4 Å². The van der Waals surface area contributed by atoms with Crippen molar-refractivity contribution in [3.63, 3.8) is 0 Å². The second-order valence-corrected chi connectivity index (χ2v) is 8.27. The molecule has 15 heteroatoms. The van der Waals surface area contributed by atoms with E-state index in [0.717, 1.165) is 16.2 Å². The summed E-state index contributed by atoms with van der Waals surface area (Å²) >= 11 is 5.90. The molecule has 10 nitrogen and oxygen atoms in total. The summed E-state index contributed by atoms with van der Waals surface area (Å²) in [6.45, 7) is 2.10. The van der Waals surface area contributed by atoms with Crippen molar-refractivity contribution < 1.29 is 27.5 Å². The number of carboxylic acids is 1. The molecule has 3 heterocycles. The van der Waals surface area contributed by atoms with Crippen LogP contribution in [0.1, 0.15) is 31.9 Å². The average Bonchev–Trinajstić information content (AvgIpc) is 3.38. The highest BCUT2D eigenvalue weighted by Crippen LogP contribution is 2.23. The molecular weight excluding hydrogens is 534 g/mol. The highest BCUT2D eigenvalue weighted by atomic mass is 35.5. The lowest BCUT2D eigenvalue weighted by Gasteiger charge is -2.08. The second-order valence-electron chi connectivity index (χ2n) is 7.83. The lowest BCUT2D eigenvalue weighted by atomic mass is 10.2. The molecule has 0 aliphatic heterocycles. The maximum Gasteiger partial charge on any atom is 0.390 e. The number of benzene rings is 1. The van der Waals surface area contributed by atoms with Gasteiger partial charge in [-0.1, -0.05) is 24.6 Å².